The van der Waals surface area contributed by atoms with E-state index in [2.05, 4.69) is 58.7 Å². The largest absolute Gasteiger partial charge is 0.465 e. The molecule has 0 atom stereocenters. The lowest BCUT2D eigenvalue weighted by molar-refractivity contribution is 0.0602. The van der Waals surface area contributed by atoms with Crippen LogP contribution in [0, 0.1) is 0 Å². The normalized spacial score (nSPS) is 11.0. The van der Waals surface area contributed by atoms with Gasteiger partial charge in [-0.1, -0.05) is 45.0 Å². The van der Waals surface area contributed by atoms with Crippen molar-refractivity contribution in [2.75, 3.05) is 17.7 Å². The van der Waals surface area contributed by atoms with Crippen LogP contribution in [0.25, 0.3) is 0 Å². The minimum Gasteiger partial charge on any atom is -0.465 e. The summed E-state index contributed by atoms with van der Waals surface area (Å²) in [4.78, 5) is 16.3. The van der Waals surface area contributed by atoms with Crippen LogP contribution < -0.4 is 10.6 Å². The monoisotopic (exact) mass is 377 g/mol. The molecule has 0 bridgehead atoms. The standard InChI is InChI=1S/C21H23N5O2/c1-21(2,3)14-9-11-15(12-10-14)23-18-13-22-26-20(25-18)24-17-8-6-5-7-16(17)19(27)28-4/h5-13H,1-4H3,(H2,23,24,25,26). The second-order valence-electron chi connectivity index (χ2n) is 7.28. The van der Waals surface area contributed by atoms with Crippen molar-refractivity contribution >= 4 is 29.1 Å². The Morgan fingerprint density at radius 1 is 1.00 bits per heavy atom. The topological polar surface area (TPSA) is 89.0 Å². The molecule has 144 valence electrons. The molecule has 0 aliphatic rings. The van der Waals surface area contributed by atoms with E-state index in [0.717, 1.165) is 5.69 Å². The Bertz CT molecular complexity index is 965. The molecule has 0 spiro atoms. The number of para-hydroxylation sites is 1. The molecule has 0 unspecified atom stereocenters. The fourth-order valence-corrected chi connectivity index (χ4v) is 2.62. The third-order valence-electron chi connectivity index (χ3n) is 4.16. The number of hydrogen-bond acceptors (Lipinski definition) is 7. The van der Waals surface area contributed by atoms with Crippen molar-refractivity contribution in [1.29, 1.82) is 0 Å². The number of nitrogens with zero attached hydrogens (tertiary/aromatic N) is 3. The summed E-state index contributed by atoms with van der Waals surface area (Å²) in [6, 6.07) is 15.2. The maximum atomic E-state index is 11.9. The van der Waals surface area contributed by atoms with Gasteiger partial charge in [0.05, 0.1) is 24.6 Å². The van der Waals surface area contributed by atoms with Gasteiger partial charge < -0.3 is 15.4 Å². The average molecular weight is 377 g/mol. The summed E-state index contributed by atoms with van der Waals surface area (Å²) < 4.78 is 4.80. The molecule has 1 heterocycles. The zero-order valence-electron chi connectivity index (χ0n) is 16.4. The maximum absolute atomic E-state index is 11.9. The molecule has 0 saturated carbocycles. The molecule has 2 N–H and O–H groups in total. The molecular formula is C21H23N5O2. The lowest BCUT2D eigenvalue weighted by atomic mass is 9.87. The van der Waals surface area contributed by atoms with Gasteiger partial charge in [-0.25, -0.2) is 4.79 Å². The van der Waals surface area contributed by atoms with E-state index in [4.69, 9.17) is 4.74 Å². The molecule has 0 aliphatic carbocycles. The quantitative estimate of drug-likeness (QED) is 0.635. The van der Waals surface area contributed by atoms with Gasteiger partial charge in [-0.05, 0) is 35.2 Å². The van der Waals surface area contributed by atoms with Crippen molar-refractivity contribution in [3.63, 3.8) is 0 Å². The number of benzene rings is 2. The number of ether oxygens (including phenoxy) is 1. The molecule has 1 aromatic heterocycles. The highest BCUT2D eigenvalue weighted by atomic mass is 16.5. The van der Waals surface area contributed by atoms with Crippen molar-refractivity contribution in [3.8, 4) is 0 Å². The summed E-state index contributed by atoms with van der Waals surface area (Å²) in [6.45, 7) is 6.52. The molecule has 7 heteroatoms. The van der Waals surface area contributed by atoms with Gasteiger partial charge in [0.15, 0.2) is 5.82 Å². The van der Waals surface area contributed by atoms with Gasteiger partial charge >= 0.3 is 5.97 Å². The Labute approximate surface area is 164 Å². The van der Waals surface area contributed by atoms with E-state index in [1.807, 2.05) is 12.1 Å². The van der Waals surface area contributed by atoms with Crippen molar-refractivity contribution < 1.29 is 9.53 Å². The van der Waals surface area contributed by atoms with Gasteiger partial charge in [0, 0.05) is 5.69 Å². The van der Waals surface area contributed by atoms with Crippen molar-refractivity contribution in [2.45, 2.75) is 26.2 Å². The number of rotatable bonds is 5. The van der Waals surface area contributed by atoms with Crippen LogP contribution in [0.15, 0.2) is 54.7 Å². The van der Waals surface area contributed by atoms with Crippen LogP contribution in [-0.2, 0) is 10.2 Å². The van der Waals surface area contributed by atoms with Crippen LogP contribution in [0.4, 0.5) is 23.1 Å². The van der Waals surface area contributed by atoms with Crippen LogP contribution in [0.5, 0.6) is 0 Å². The van der Waals surface area contributed by atoms with Gasteiger partial charge in [-0.15, -0.1) is 5.10 Å². The van der Waals surface area contributed by atoms with Crippen LogP contribution in [0.3, 0.4) is 0 Å². The van der Waals surface area contributed by atoms with Crippen molar-refractivity contribution in [1.82, 2.24) is 15.2 Å². The smallest absolute Gasteiger partial charge is 0.339 e. The third-order valence-corrected chi connectivity index (χ3v) is 4.16. The van der Waals surface area contributed by atoms with Crippen molar-refractivity contribution in [3.05, 3.63) is 65.9 Å². The summed E-state index contributed by atoms with van der Waals surface area (Å²) in [5.74, 6) is 0.369. The van der Waals surface area contributed by atoms with Gasteiger partial charge in [0.25, 0.3) is 0 Å². The fourth-order valence-electron chi connectivity index (χ4n) is 2.62. The first-order valence-corrected chi connectivity index (χ1v) is 8.88. The first kappa shape index (κ1) is 19.3. The van der Waals surface area contributed by atoms with E-state index in [9.17, 15) is 4.79 Å². The Balaban J connectivity index is 1.77. The predicted molar refractivity (Wildman–Crippen MR) is 109 cm³/mol. The minimum absolute atomic E-state index is 0.0964. The number of aromatic nitrogens is 3. The van der Waals surface area contributed by atoms with Gasteiger partial charge in [-0.3, -0.25) is 0 Å². The second-order valence-corrected chi connectivity index (χ2v) is 7.28. The Hall–Kier alpha value is -3.48. The maximum Gasteiger partial charge on any atom is 0.339 e. The lowest BCUT2D eigenvalue weighted by Crippen LogP contribution is -2.10. The van der Waals surface area contributed by atoms with E-state index < -0.39 is 5.97 Å². The predicted octanol–water partition coefficient (Wildman–Crippen LogP) is 4.44. The highest BCUT2D eigenvalue weighted by Gasteiger charge is 2.14. The first-order valence-electron chi connectivity index (χ1n) is 8.88. The average Bonchev–Trinajstić information content (AvgIpc) is 2.68. The summed E-state index contributed by atoms with van der Waals surface area (Å²) >= 11 is 0. The Kier molecular flexibility index (Phi) is 5.54. The van der Waals surface area contributed by atoms with E-state index >= 15 is 0 Å². The molecule has 0 fully saturated rings. The van der Waals surface area contributed by atoms with Gasteiger partial charge in [0.1, 0.15) is 0 Å². The highest BCUT2D eigenvalue weighted by Crippen LogP contribution is 2.25. The van der Waals surface area contributed by atoms with Crippen LogP contribution in [-0.4, -0.2) is 28.3 Å². The van der Waals surface area contributed by atoms with E-state index in [1.54, 1.807) is 24.3 Å². The molecule has 0 saturated heterocycles. The SMILES string of the molecule is COC(=O)c1ccccc1Nc1nncc(Nc2ccc(C(C)(C)C)cc2)n1. The fraction of sp³-hybridized carbons (Fsp3) is 0.238. The molecule has 2 aromatic carbocycles. The third kappa shape index (κ3) is 4.62. The van der Waals surface area contributed by atoms with Crippen molar-refractivity contribution in [2.24, 2.45) is 0 Å². The second kappa shape index (κ2) is 8.04. The van der Waals surface area contributed by atoms with Crippen LogP contribution in [0.1, 0.15) is 36.7 Å². The van der Waals surface area contributed by atoms with Gasteiger partial charge in [-0.2, -0.15) is 10.1 Å². The van der Waals surface area contributed by atoms with E-state index in [1.165, 1.54) is 18.9 Å². The number of hydrogen-bond donors (Lipinski definition) is 2. The zero-order chi connectivity index (χ0) is 20.1. The summed E-state index contributed by atoms with van der Waals surface area (Å²) in [7, 11) is 1.34. The lowest BCUT2D eigenvalue weighted by Gasteiger charge is -2.19. The minimum atomic E-state index is -0.440. The number of methoxy groups -OCH3 is 1. The van der Waals surface area contributed by atoms with Gasteiger partial charge in [0.2, 0.25) is 5.95 Å². The zero-order valence-corrected chi connectivity index (χ0v) is 16.4. The molecular weight excluding hydrogens is 354 g/mol. The Morgan fingerprint density at radius 3 is 2.39 bits per heavy atom. The molecule has 0 amide bonds. The Morgan fingerprint density at radius 2 is 1.71 bits per heavy atom. The molecule has 3 rings (SSSR count). The number of carbonyl (C=O) groups is 1. The first-order chi connectivity index (χ1) is 13.4. The van der Waals surface area contributed by atoms with Crippen LogP contribution in [0.2, 0.25) is 0 Å². The molecule has 0 radical (unpaired) electrons. The number of carbonyl (C=O) groups excluding carboxylic acids is 1. The number of anilines is 4. The van der Waals surface area contributed by atoms with E-state index in [0.29, 0.717) is 17.1 Å². The highest BCUT2D eigenvalue weighted by molar-refractivity contribution is 5.96. The number of nitrogens with one attached hydrogen (secondary N) is 2. The summed E-state index contributed by atoms with van der Waals surface area (Å²) in [5.41, 5.74) is 3.18. The molecule has 3 aromatic rings. The van der Waals surface area contributed by atoms with E-state index in [-0.39, 0.29) is 11.4 Å². The molecule has 7 nitrogen and oxygen atoms in total. The number of esters is 1. The molecule has 0 aliphatic heterocycles. The van der Waals surface area contributed by atoms with Crippen LogP contribution >= 0.6 is 0 Å². The molecule has 28 heavy (non-hydrogen) atoms. The summed E-state index contributed by atoms with van der Waals surface area (Å²) in [5, 5.41) is 14.2. The summed E-state index contributed by atoms with van der Waals surface area (Å²) in [6.07, 6.45) is 1.54.